The molecule has 5 aromatic rings. The number of carbonyl (C=O) groups excluding carboxylic acids is 1. The van der Waals surface area contributed by atoms with Gasteiger partial charge in [0, 0.05) is 55.1 Å². The number of aryl methyl sites for hydroxylation is 1. The molecule has 1 saturated heterocycles. The van der Waals surface area contributed by atoms with Gasteiger partial charge in [0.2, 0.25) is 0 Å². The number of hydrogen-bond donors (Lipinski definition) is 2. The lowest BCUT2D eigenvalue weighted by atomic mass is 9.90. The molecule has 298 valence electrons. The number of nitrogens with zero attached hydrogens (tertiary/aromatic N) is 4. The van der Waals surface area contributed by atoms with Gasteiger partial charge in [0.25, 0.3) is 5.56 Å². The highest BCUT2D eigenvalue weighted by Crippen LogP contribution is 2.53. The van der Waals surface area contributed by atoms with Crippen molar-refractivity contribution in [2.75, 3.05) is 19.9 Å². The third-order valence-electron chi connectivity index (χ3n) is 11.6. The van der Waals surface area contributed by atoms with Gasteiger partial charge in [-0.25, -0.2) is 9.78 Å². The Morgan fingerprint density at radius 2 is 1.82 bits per heavy atom. The number of esters is 1. The fraction of sp³-hybridized carbons (Fsp3) is 0.463. The SMILES string of the molecule is CCP(O[C@H]1C[C@H](n2cc(C)c(=O)[nH]c2=O)O[C@@H]1CO[Si](C)(C)C(C)(C)C)n1c2c(c3ccccc31)C[C@@H](C(=O)OC)N(Cc1ccccc1)[C@@H]2c1ncc[nH]1. The Labute approximate surface area is 329 Å². The second-order valence-corrected chi connectivity index (χ2v) is 23.0. The van der Waals surface area contributed by atoms with Gasteiger partial charge in [0.1, 0.15) is 38.5 Å². The third-order valence-corrected chi connectivity index (χ3v) is 18.1. The van der Waals surface area contributed by atoms with Crippen molar-refractivity contribution in [1.29, 1.82) is 0 Å². The van der Waals surface area contributed by atoms with Crippen LogP contribution < -0.4 is 11.2 Å². The van der Waals surface area contributed by atoms with Crippen LogP contribution in [0.5, 0.6) is 0 Å². The molecule has 2 N–H and O–H groups in total. The van der Waals surface area contributed by atoms with Gasteiger partial charge in [-0.1, -0.05) is 76.2 Å². The van der Waals surface area contributed by atoms with Crippen LogP contribution in [0.2, 0.25) is 18.1 Å². The molecule has 0 saturated carbocycles. The molecule has 0 amide bonds. The molecule has 6 atom stereocenters. The maximum absolute atomic E-state index is 13.7. The van der Waals surface area contributed by atoms with Crippen molar-refractivity contribution in [1.82, 2.24) is 28.8 Å². The molecular formula is C41H53N6O7PSi. The second-order valence-electron chi connectivity index (χ2n) is 16.2. The van der Waals surface area contributed by atoms with Crippen molar-refractivity contribution in [3.05, 3.63) is 122 Å². The van der Waals surface area contributed by atoms with Crippen molar-refractivity contribution in [3.8, 4) is 0 Å². The van der Waals surface area contributed by atoms with Crippen LogP contribution in [0.15, 0.2) is 82.8 Å². The standard InChI is InChI=1S/C41H53N6O7PSi/c1-9-55(54-32-22-34(46-23-26(2)38(48)44-40(46)50)53-33(32)25-52-56(7,8)41(3,4)5)47-30-18-14-13-17-28(30)29-21-31(39(49)51-6)45(24-27-15-11-10-12-16-27)36(35(29)47)37-42-19-20-43-37/h10-20,23,31-34,36H,9,21-22,24-25H2,1-8H3,(H,42,43)(H,44,48,50)/t31-,32-,33+,34+,36-,55?/m0/s1. The van der Waals surface area contributed by atoms with Crippen LogP contribution in [0.3, 0.4) is 0 Å². The van der Waals surface area contributed by atoms with Crippen molar-refractivity contribution >= 4 is 33.5 Å². The van der Waals surface area contributed by atoms with E-state index in [1.54, 1.807) is 19.3 Å². The van der Waals surface area contributed by atoms with Gasteiger partial charge >= 0.3 is 11.7 Å². The number of rotatable bonds is 12. The van der Waals surface area contributed by atoms with Crippen LogP contribution in [0.25, 0.3) is 10.9 Å². The van der Waals surface area contributed by atoms with Gasteiger partial charge in [-0.2, -0.15) is 0 Å². The number of methoxy groups -OCH3 is 1. The number of aromatic nitrogens is 5. The molecule has 13 nitrogen and oxygen atoms in total. The highest BCUT2D eigenvalue weighted by Gasteiger charge is 2.47. The molecule has 5 heterocycles. The Hall–Kier alpha value is -4.17. The van der Waals surface area contributed by atoms with E-state index < -0.39 is 58.4 Å². The summed E-state index contributed by atoms with van der Waals surface area (Å²) < 4.78 is 30.0. The van der Waals surface area contributed by atoms with E-state index in [9.17, 15) is 14.4 Å². The summed E-state index contributed by atoms with van der Waals surface area (Å²) in [5.74, 6) is 0.407. The summed E-state index contributed by atoms with van der Waals surface area (Å²) in [6.07, 6.45) is 5.01. The topological polar surface area (TPSA) is 146 Å². The van der Waals surface area contributed by atoms with Crippen molar-refractivity contribution in [3.63, 3.8) is 0 Å². The highest BCUT2D eigenvalue weighted by atomic mass is 31.2. The zero-order valence-corrected chi connectivity index (χ0v) is 35.3. The molecule has 0 bridgehead atoms. The smallest absolute Gasteiger partial charge is 0.330 e. The fourth-order valence-electron chi connectivity index (χ4n) is 7.62. The Kier molecular flexibility index (Phi) is 11.4. The molecule has 1 unspecified atom stereocenters. The molecule has 1 fully saturated rings. The lowest BCUT2D eigenvalue weighted by Gasteiger charge is -2.41. The van der Waals surface area contributed by atoms with E-state index in [4.69, 9.17) is 23.4 Å². The second kappa shape index (κ2) is 16.0. The van der Waals surface area contributed by atoms with Crippen molar-refractivity contribution < 1.29 is 23.2 Å². The average molecular weight is 801 g/mol. The van der Waals surface area contributed by atoms with E-state index in [0.29, 0.717) is 43.5 Å². The predicted molar refractivity (Wildman–Crippen MR) is 219 cm³/mol. The zero-order valence-electron chi connectivity index (χ0n) is 33.4. The van der Waals surface area contributed by atoms with Crippen LogP contribution in [0.4, 0.5) is 0 Å². The van der Waals surface area contributed by atoms with E-state index in [2.05, 4.69) is 84.3 Å². The molecule has 7 rings (SSSR count). The van der Waals surface area contributed by atoms with Gasteiger partial charge in [-0.05, 0) is 42.2 Å². The van der Waals surface area contributed by atoms with E-state index in [1.165, 1.54) is 11.7 Å². The van der Waals surface area contributed by atoms with Gasteiger partial charge in [-0.3, -0.25) is 28.4 Å². The van der Waals surface area contributed by atoms with Gasteiger partial charge in [0.15, 0.2) is 8.32 Å². The Morgan fingerprint density at radius 3 is 2.50 bits per heavy atom. The summed E-state index contributed by atoms with van der Waals surface area (Å²) in [6, 6.07) is 17.4. The first kappa shape index (κ1) is 40.0. The minimum absolute atomic E-state index is 0.0258. The number of para-hydroxylation sites is 1. The van der Waals surface area contributed by atoms with Gasteiger partial charge in [0.05, 0.1) is 31.0 Å². The van der Waals surface area contributed by atoms with Crippen molar-refractivity contribution in [2.24, 2.45) is 0 Å². The van der Waals surface area contributed by atoms with Crippen molar-refractivity contribution in [2.45, 2.75) is 103 Å². The lowest BCUT2D eigenvalue weighted by Crippen LogP contribution is -2.49. The van der Waals surface area contributed by atoms with Crippen LogP contribution in [-0.4, -0.2) is 81.2 Å². The van der Waals surface area contributed by atoms with Crippen LogP contribution >= 0.6 is 8.30 Å². The largest absolute Gasteiger partial charge is 0.468 e. The molecule has 15 heteroatoms. The quantitative estimate of drug-likeness (QED) is 0.0792. The first-order valence-electron chi connectivity index (χ1n) is 19.3. The Morgan fingerprint density at radius 1 is 1.09 bits per heavy atom. The molecule has 3 aromatic heterocycles. The number of aromatic amines is 2. The molecule has 56 heavy (non-hydrogen) atoms. The number of benzene rings is 2. The monoisotopic (exact) mass is 800 g/mol. The zero-order chi connectivity index (χ0) is 39.9. The predicted octanol–water partition coefficient (Wildman–Crippen LogP) is 6.79. The summed E-state index contributed by atoms with van der Waals surface area (Å²) in [4.78, 5) is 52.0. The summed E-state index contributed by atoms with van der Waals surface area (Å²) in [5.41, 5.74) is 3.60. The van der Waals surface area contributed by atoms with E-state index in [-0.39, 0.29) is 11.0 Å². The molecular weight excluding hydrogens is 748 g/mol. The maximum Gasteiger partial charge on any atom is 0.330 e. The van der Waals surface area contributed by atoms with Gasteiger partial charge < -0.3 is 23.4 Å². The molecule has 0 spiro atoms. The number of carbonyl (C=O) groups is 1. The van der Waals surface area contributed by atoms with E-state index in [1.807, 2.05) is 36.5 Å². The van der Waals surface area contributed by atoms with Gasteiger partial charge in [-0.15, -0.1) is 0 Å². The number of hydrogen-bond acceptors (Lipinski definition) is 9. The first-order valence-corrected chi connectivity index (χ1v) is 23.6. The molecule has 0 radical (unpaired) electrons. The average Bonchev–Trinajstić information content (AvgIpc) is 3.92. The highest BCUT2D eigenvalue weighted by molar-refractivity contribution is 7.51. The van der Waals surface area contributed by atoms with E-state index in [0.717, 1.165) is 27.7 Å². The Bertz CT molecular complexity index is 2280. The van der Waals surface area contributed by atoms with Crippen LogP contribution in [-0.2, 0) is 36.2 Å². The summed E-state index contributed by atoms with van der Waals surface area (Å²) in [6.45, 7) is 15.6. The summed E-state index contributed by atoms with van der Waals surface area (Å²) in [5, 5.41) is 1.02. The normalized spacial score (nSPS) is 22.3. The first-order chi connectivity index (χ1) is 26.7. The molecule has 0 aliphatic carbocycles. The molecule has 2 aliphatic rings. The molecule has 2 aromatic carbocycles. The summed E-state index contributed by atoms with van der Waals surface area (Å²) >= 11 is 0. The number of ether oxygens (including phenoxy) is 2. The lowest BCUT2D eigenvalue weighted by molar-refractivity contribution is -0.148. The van der Waals surface area contributed by atoms with Crippen LogP contribution in [0.1, 0.15) is 74.6 Å². The maximum atomic E-state index is 13.7. The number of nitrogens with one attached hydrogen (secondary N) is 2. The number of fused-ring (bicyclic) bond motifs is 3. The minimum atomic E-state index is -2.19. The van der Waals surface area contributed by atoms with E-state index >= 15 is 0 Å². The number of H-pyrrole nitrogens is 2. The Balaban J connectivity index is 1.34. The van der Waals surface area contributed by atoms with Crippen LogP contribution in [0, 0.1) is 6.92 Å². The summed E-state index contributed by atoms with van der Waals surface area (Å²) in [7, 11) is -2.14. The fourth-order valence-corrected chi connectivity index (χ4v) is 10.6. The minimum Gasteiger partial charge on any atom is -0.468 e. The number of imidazole rings is 1. The molecule has 2 aliphatic heterocycles. The third kappa shape index (κ3) is 7.62.